The van der Waals surface area contributed by atoms with Crippen molar-refractivity contribution in [2.24, 2.45) is 0 Å². The maximum atomic E-state index is 3.94. The Morgan fingerprint density at radius 1 is 0.576 bits per heavy atom. The second-order valence-corrected chi connectivity index (χ2v) is 12.6. The molecule has 3 nitrogen and oxygen atoms in total. The summed E-state index contributed by atoms with van der Waals surface area (Å²) in [5.41, 5.74) is 0.473. The van der Waals surface area contributed by atoms with E-state index in [-0.39, 0.29) is 16.7 Å². The Bertz CT molecular complexity index is 473. The number of hydrogen-bond donors (Lipinski definition) is 3. The molecular formula is C30H61N3. The number of nitrogens with one attached hydrogen (secondary N) is 3. The predicted octanol–water partition coefficient (Wildman–Crippen LogP) is 8.23. The maximum absolute atomic E-state index is 3.94. The van der Waals surface area contributed by atoms with Crippen LogP contribution in [0.4, 0.5) is 0 Å². The summed E-state index contributed by atoms with van der Waals surface area (Å²) in [6.07, 6.45) is 28.2. The van der Waals surface area contributed by atoms with Crippen molar-refractivity contribution in [3.8, 4) is 0 Å². The highest BCUT2D eigenvalue weighted by Gasteiger charge is 2.53. The van der Waals surface area contributed by atoms with Gasteiger partial charge in [0.05, 0.1) is 5.66 Å². The first kappa shape index (κ1) is 29.1. The van der Waals surface area contributed by atoms with Crippen LogP contribution >= 0.6 is 0 Å². The monoisotopic (exact) mass is 463 g/mol. The molecular weight excluding hydrogens is 402 g/mol. The van der Waals surface area contributed by atoms with Crippen LogP contribution in [0.15, 0.2) is 0 Å². The van der Waals surface area contributed by atoms with Crippen molar-refractivity contribution in [3.05, 3.63) is 0 Å². The van der Waals surface area contributed by atoms with E-state index in [1.54, 1.807) is 0 Å². The van der Waals surface area contributed by atoms with Gasteiger partial charge in [0, 0.05) is 17.1 Å². The molecule has 2 rings (SSSR count). The molecule has 1 aliphatic heterocycles. The average Bonchev–Trinajstić information content (AvgIpc) is 2.94. The van der Waals surface area contributed by atoms with Crippen LogP contribution in [0.1, 0.15) is 163 Å². The Kier molecular flexibility index (Phi) is 13.3. The van der Waals surface area contributed by atoms with Gasteiger partial charge in [-0.25, -0.2) is 0 Å². The Balaban J connectivity index is 1.34. The van der Waals surface area contributed by atoms with Crippen molar-refractivity contribution in [2.45, 2.75) is 186 Å². The van der Waals surface area contributed by atoms with Crippen LogP contribution in [0.25, 0.3) is 0 Å². The van der Waals surface area contributed by atoms with E-state index in [0.717, 1.165) is 6.04 Å². The summed E-state index contributed by atoms with van der Waals surface area (Å²) < 4.78 is 0. The van der Waals surface area contributed by atoms with E-state index >= 15 is 0 Å². The minimum Gasteiger partial charge on any atom is -0.314 e. The standard InChI is InChI=1S/C30H61N3/c1-6-7-8-9-10-11-12-13-14-15-16-17-18-19-20-21-26-31-27-22-24-30(25-23-27)32-28(2,3)29(4,5)33-30/h27,31-33H,6-26H2,1-5H3. The lowest BCUT2D eigenvalue weighted by Crippen LogP contribution is -2.56. The van der Waals surface area contributed by atoms with Gasteiger partial charge in [0.2, 0.25) is 0 Å². The van der Waals surface area contributed by atoms with Gasteiger partial charge in [0.1, 0.15) is 0 Å². The largest absolute Gasteiger partial charge is 0.314 e. The van der Waals surface area contributed by atoms with Crippen molar-refractivity contribution < 1.29 is 0 Å². The van der Waals surface area contributed by atoms with Gasteiger partial charge < -0.3 is 5.32 Å². The molecule has 0 atom stereocenters. The van der Waals surface area contributed by atoms with Gasteiger partial charge in [0.15, 0.2) is 0 Å². The fraction of sp³-hybridized carbons (Fsp3) is 1.00. The van der Waals surface area contributed by atoms with E-state index in [4.69, 9.17) is 0 Å². The quantitative estimate of drug-likeness (QED) is 0.179. The zero-order valence-corrected chi connectivity index (χ0v) is 23.4. The highest BCUT2D eigenvalue weighted by atomic mass is 15.3. The molecule has 196 valence electrons. The summed E-state index contributed by atoms with van der Waals surface area (Å²) in [5, 5.41) is 11.7. The van der Waals surface area contributed by atoms with E-state index in [0.29, 0.717) is 0 Å². The van der Waals surface area contributed by atoms with Crippen molar-refractivity contribution >= 4 is 0 Å². The third-order valence-electron chi connectivity index (χ3n) is 8.97. The van der Waals surface area contributed by atoms with E-state index in [1.807, 2.05) is 0 Å². The van der Waals surface area contributed by atoms with Crippen molar-refractivity contribution in [2.75, 3.05) is 6.54 Å². The van der Waals surface area contributed by atoms with Crippen molar-refractivity contribution in [3.63, 3.8) is 0 Å². The molecule has 0 amide bonds. The SMILES string of the molecule is CCCCCCCCCCCCCCCCCCNC1CCC2(CC1)NC(C)(C)C(C)(C)N2. The van der Waals surface area contributed by atoms with Gasteiger partial charge in [-0.3, -0.25) is 10.6 Å². The molecule has 1 aliphatic carbocycles. The first-order valence-corrected chi connectivity index (χ1v) is 15.1. The normalized spacial score (nSPS) is 21.7. The Morgan fingerprint density at radius 3 is 1.33 bits per heavy atom. The van der Waals surface area contributed by atoms with Gasteiger partial charge in [-0.05, 0) is 66.3 Å². The van der Waals surface area contributed by atoms with Crippen molar-refractivity contribution in [1.82, 2.24) is 16.0 Å². The highest BCUT2D eigenvalue weighted by molar-refractivity contribution is 5.14. The van der Waals surface area contributed by atoms with E-state index in [1.165, 1.54) is 135 Å². The molecule has 1 spiro atoms. The van der Waals surface area contributed by atoms with Crippen molar-refractivity contribution in [1.29, 1.82) is 0 Å². The van der Waals surface area contributed by atoms with Crippen LogP contribution in [-0.2, 0) is 0 Å². The summed E-state index contributed by atoms with van der Waals surface area (Å²) >= 11 is 0. The average molecular weight is 464 g/mol. The molecule has 1 heterocycles. The number of unbranched alkanes of at least 4 members (excludes halogenated alkanes) is 15. The van der Waals surface area contributed by atoms with Gasteiger partial charge in [-0.2, -0.15) is 0 Å². The molecule has 3 N–H and O–H groups in total. The Labute approximate surface area is 208 Å². The second-order valence-electron chi connectivity index (χ2n) is 12.6. The van der Waals surface area contributed by atoms with Gasteiger partial charge in [-0.1, -0.05) is 103 Å². The second kappa shape index (κ2) is 15.1. The number of hydrogen-bond acceptors (Lipinski definition) is 3. The molecule has 0 aromatic carbocycles. The van der Waals surface area contributed by atoms with E-state index < -0.39 is 0 Å². The minimum atomic E-state index is 0.154. The zero-order chi connectivity index (χ0) is 24.0. The predicted molar refractivity (Wildman–Crippen MR) is 147 cm³/mol. The lowest BCUT2D eigenvalue weighted by Gasteiger charge is -2.39. The molecule has 0 bridgehead atoms. The fourth-order valence-corrected chi connectivity index (χ4v) is 6.08. The smallest absolute Gasteiger partial charge is 0.0697 e. The van der Waals surface area contributed by atoms with Gasteiger partial charge >= 0.3 is 0 Å². The maximum Gasteiger partial charge on any atom is 0.0697 e. The van der Waals surface area contributed by atoms with E-state index in [2.05, 4.69) is 50.6 Å². The van der Waals surface area contributed by atoms with Gasteiger partial charge in [0.25, 0.3) is 0 Å². The summed E-state index contributed by atoms with van der Waals surface area (Å²) in [7, 11) is 0. The summed E-state index contributed by atoms with van der Waals surface area (Å²) in [4.78, 5) is 0. The van der Waals surface area contributed by atoms with E-state index in [9.17, 15) is 0 Å². The first-order valence-electron chi connectivity index (χ1n) is 15.1. The van der Waals surface area contributed by atoms with Crippen LogP contribution < -0.4 is 16.0 Å². The molecule has 2 aliphatic rings. The zero-order valence-electron chi connectivity index (χ0n) is 23.4. The molecule has 1 saturated carbocycles. The fourth-order valence-electron chi connectivity index (χ4n) is 6.08. The molecule has 0 radical (unpaired) electrons. The summed E-state index contributed by atoms with van der Waals surface area (Å²) in [6.45, 7) is 12.9. The third kappa shape index (κ3) is 10.6. The van der Waals surface area contributed by atoms with Crippen LogP contribution in [0, 0.1) is 0 Å². The highest BCUT2D eigenvalue weighted by Crippen LogP contribution is 2.39. The Morgan fingerprint density at radius 2 is 0.939 bits per heavy atom. The van der Waals surface area contributed by atoms with Crippen LogP contribution in [0.3, 0.4) is 0 Å². The molecule has 2 fully saturated rings. The van der Waals surface area contributed by atoms with Gasteiger partial charge in [-0.15, -0.1) is 0 Å². The van der Waals surface area contributed by atoms with Crippen LogP contribution in [-0.4, -0.2) is 29.3 Å². The Hall–Kier alpha value is -0.120. The van der Waals surface area contributed by atoms with Crippen LogP contribution in [0.5, 0.6) is 0 Å². The molecule has 0 aromatic heterocycles. The molecule has 1 saturated heterocycles. The molecule has 33 heavy (non-hydrogen) atoms. The molecule has 3 heteroatoms. The minimum absolute atomic E-state index is 0.154. The molecule has 0 unspecified atom stereocenters. The topological polar surface area (TPSA) is 36.1 Å². The third-order valence-corrected chi connectivity index (χ3v) is 8.97. The summed E-state index contributed by atoms with van der Waals surface area (Å²) in [5.74, 6) is 0. The lowest BCUT2D eigenvalue weighted by atomic mass is 9.85. The van der Waals surface area contributed by atoms with Crippen LogP contribution in [0.2, 0.25) is 0 Å². The summed E-state index contributed by atoms with van der Waals surface area (Å²) in [6, 6.07) is 0.724. The lowest BCUT2D eigenvalue weighted by molar-refractivity contribution is 0.184. The molecule has 0 aromatic rings. The number of rotatable bonds is 18. The first-order chi connectivity index (χ1) is 15.8.